The maximum absolute atomic E-state index is 12.5. The molecular weight excluding hydrogens is 316 g/mol. The predicted molar refractivity (Wildman–Crippen MR) is 89.8 cm³/mol. The average molecular weight is 340 g/mol. The van der Waals surface area contributed by atoms with Crippen molar-refractivity contribution in [2.45, 2.75) is 38.3 Å². The molecule has 1 aliphatic heterocycles. The van der Waals surface area contributed by atoms with E-state index in [1.807, 2.05) is 6.07 Å². The van der Waals surface area contributed by atoms with Crippen molar-refractivity contribution in [2.24, 2.45) is 0 Å². The molecule has 1 aromatic carbocycles. The quantitative estimate of drug-likeness (QED) is 0.817. The molecule has 1 N–H and O–H groups in total. The summed E-state index contributed by atoms with van der Waals surface area (Å²) in [7, 11) is -3.57. The minimum Gasteiger partial charge on any atom is -0.376 e. The molecule has 0 spiro atoms. The van der Waals surface area contributed by atoms with Crippen molar-refractivity contribution in [3.05, 3.63) is 30.3 Å². The highest BCUT2D eigenvalue weighted by molar-refractivity contribution is 7.92. The Morgan fingerprint density at radius 3 is 2.61 bits per heavy atom. The van der Waals surface area contributed by atoms with Gasteiger partial charge < -0.3 is 10.1 Å². The van der Waals surface area contributed by atoms with Crippen LogP contribution < -0.4 is 9.62 Å². The van der Waals surface area contributed by atoms with Gasteiger partial charge >= 0.3 is 0 Å². The first kappa shape index (κ1) is 17.7. The molecule has 6 nitrogen and oxygen atoms in total. The molecule has 0 saturated carbocycles. The van der Waals surface area contributed by atoms with Crippen molar-refractivity contribution in [2.75, 3.05) is 23.7 Å². The van der Waals surface area contributed by atoms with Gasteiger partial charge in [-0.3, -0.25) is 9.10 Å². The van der Waals surface area contributed by atoms with Crippen LogP contribution in [0.1, 0.15) is 26.2 Å². The Kier molecular flexibility index (Phi) is 6.01. The van der Waals surface area contributed by atoms with Crippen LogP contribution in [0.3, 0.4) is 0 Å². The maximum Gasteiger partial charge on any atom is 0.243 e. The molecule has 1 aromatic rings. The lowest BCUT2D eigenvalue weighted by molar-refractivity contribution is -0.122. The Balaban J connectivity index is 2.15. The molecule has 1 amide bonds. The molecule has 0 unspecified atom stereocenters. The van der Waals surface area contributed by atoms with Crippen molar-refractivity contribution in [3.8, 4) is 0 Å². The number of sulfonamides is 1. The van der Waals surface area contributed by atoms with Crippen molar-refractivity contribution < 1.29 is 17.9 Å². The zero-order valence-electron chi connectivity index (χ0n) is 13.6. The van der Waals surface area contributed by atoms with E-state index in [2.05, 4.69) is 5.32 Å². The minimum atomic E-state index is -3.57. The third-order valence-electron chi connectivity index (χ3n) is 3.87. The second kappa shape index (κ2) is 7.79. The average Bonchev–Trinajstić information content (AvgIpc) is 3.03. The number of ether oxygens (including phenoxy) is 1. The second-order valence-electron chi connectivity index (χ2n) is 5.70. The number of carbonyl (C=O) groups is 1. The monoisotopic (exact) mass is 340 g/mol. The highest BCUT2D eigenvalue weighted by Gasteiger charge is 2.31. The number of carbonyl (C=O) groups excluding carboxylic acids is 1. The summed E-state index contributed by atoms with van der Waals surface area (Å²) >= 11 is 0. The third kappa shape index (κ3) is 4.68. The van der Waals surface area contributed by atoms with Gasteiger partial charge in [-0.2, -0.15) is 0 Å². The first-order chi connectivity index (χ1) is 10.9. The molecule has 7 heteroatoms. The van der Waals surface area contributed by atoms with Crippen molar-refractivity contribution in [1.82, 2.24) is 5.32 Å². The van der Waals surface area contributed by atoms with Crippen LogP contribution >= 0.6 is 0 Å². The summed E-state index contributed by atoms with van der Waals surface area (Å²) in [4.78, 5) is 12.5. The lowest BCUT2D eigenvalue weighted by Crippen LogP contribution is -2.50. The van der Waals surface area contributed by atoms with E-state index < -0.39 is 16.1 Å². The van der Waals surface area contributed by atoms with Gasteiger partial charge in [-0.15, -0.1) is 0 Å². The number of nitrogens with one attached hydrogen (secondary N) is 1. The summed E-state index contributed by atoms with van der Waals surface area (Å²) in [5, 5.41) is 2.83. The zero-order valence-corrected chi connectivity index (χ0v) is 14.4. The first-order valence-electron chi connectivity index (χ1n) is 7.87. The molecule has 2 rings (SSSR count). The van der Waals surface area contributed by atoms with Gasteiger partial charge in [-0.1, -0.05) is 25.1 Å². The van der Waals surface area contributed by atoms with Crippen molar-refractivity contribution in [3.63, 3.8) is 0 Å². The van der Waals surface area contributed by atoms with E-state index in [9.17, 15) is 13.2 Å². The SMILES string of the molecule is CC[C@H](C(=O)NC[C@@H]1CCCO1)N(c1ccccc1)S(C)(=O)=O. The van der Waals surface area contributed by atoms with Gasteiger partial charge in [0, 0.05) is 13.2 Å². The molecule has 0 aliphatic carbocycles. The Bertz CT molecular complexity index is 612. The number of amides is 1. The molecule has 23 heavy (non-hydrogen) atoms. The molecule has 0 bridgehead atoms. The summed E-state index contributed by atoms with van der Waals surface area (Å²) in [6, 6.07) is 7.93. The van der Waals surface area contributed by atoms with Crippen molar-refractivity contribution in [1.29, 1.82) is 0 Å². The van der Waals surface area contributed by atoms with E-state index >= 15 is 0 Å². The number of para-hydroxylation sites is 1. The third-order valence-corrected chi connectivity index (χ3v) is 5.05. The highest BCUT2D eigenvalue weighted by atomic mass is 32.2. The lowest BCUT2D eigenvalue weighted by Gasteiger charge is -2.30. The molecule has 2 atom stereocenters. The van der Waals surface area contributed by atoms with Crippen LogP contribution in [0.5, 0.6) is 0 Å². The van der Waals surface area contributed by atoms with Crippen molar-refractivity contribution >= 4 is 21.6 Å². The molecule has 1 saturated heterocycles. The molecular formula is C16H24N2O4S. The van der Waals surface area contributed by atoms with Gasteiger partial charge in [-0.25, -0.2) is 8.42 Å². The van der Waals surface area contributed by atoms with Gasteiger partial charge in [0.2, 0.25) is 15.9 Å². The Labute approximate surface area is 137 Å². The Hall–Kier alpha value is -1.60. The maximum atomic E-state index is 12.5. The van der Waals surface area contributed by atoms with Crippen LogP contribution in [0.2, 0.25) is 0 Å². The fourth-order valence-electron chi connectivity index (χ4n) is 2.77. The van der Waals surface area contributed by atoms with Crippen LogP contribution in [-0.2, 0) is 19.6 Å². The van der Waals surface area contributed by atoms with Gasteiger partial charge in [-0.05, 0) is 31.4 Å². The largest absolute Gasteiger partial charge is 0.376 e. The number of nitrogens with zero attached hydrogens (tertiary/aromatic N) is 1. The molecule has 1 heterocycles. The standard InChI is InChI=1S/C16H24N2O4S/c1-3-15(16(19)17-12-14-10-7-11-22-14)18(23(2,20)21)13-8-5-4-6-9-13/h4-6,8-9,14-15H,3,7,10-12H2,1-2H3,(H,17,19)/t14-,15+/m0/s1. The summed E-state index contributed by atoms with van der Waals surface area (Å²) < 4.78 is 31.1. The number of anilines is 1. The molecule has 128 valence electrons. The predicted octanol–water partition coefficient (Wildman–Crippen LogP) is 1.53. The van der Waals surface area contributed by atoms with Crippen LogP contribution in [-0.4, -0.2) is 45.9 Å². The number of benzene rings is 1. The normalized spacial score (nSPS) is 19.3. The van der Waals surface area contributed by atoms with Crippen LogP contribution in [0.25, 0.3) is 0 Å². The topological polar surface area (TPSA) is 75.7 Å². The van der Waals surface area contributed by atoms with Gasteiger partial charge in [0.05, 0.1) is 18.0 Å². The fourth-order valence-corrected chi connectivity index (χ4v) is 3.98. The number of hydrogen-bond acceptors (Lipinski definition) is 4. The second-order valence-corrected chi connectivity index (χ2v) is 7.56. The smallest absolute Gasteiger partial charge is 0.243 e. The number of hydrogen-bond donors (Lipinski definition) is 1. The van der Waals surface area contributed by atoms with Crippen LogP contribution in [0.15, 0.2) is 30.3 Å². The van der Waals surface area contributed by atoms with E-state index in [1.54, 1.807) is 31.2 Å². The van der Waals surface area contributed by atoms with Crippen LogP contribution in [0, 0.1) is 0 Å². The van der Waals surface area contributed by atoms with E-state index in [0.29, 0.717) is 18.7 Å². The molecule has 1 fully saturated rings. The molecule has 0 aromatic heterocycles. The summed E-state index contributed by atoms with van der Waals surface area (Å²) in [5.41, 5.74) is 0.495. The highest BCUT2D eigenvalue weighted by Crippen LogP contribution is 2.22. The van der Waals surface area contributed by atoms with Gasteiger partial charge in [0.25, 0.3) is 0 Å². The summed E-state index contributed by atoms with van der Waals surface area (Å²) in [6.45, 7) is 2.94. The number of rotatable bonds is 7. The van der Waals surface area contributed by atoms with E-state index in [0.717, 1.165) is 25.7 Å². The van der Waals surface area contributed by atoms with Crippen LogP contribution in [0.4, 0.5) is 5.69 Å². The Morgan fingerprint density at radius 2 is 2.09 bits per heavy atom. The first-order valence-corrected chi connectivity index (χ1v) is 9.72. The van der Waals surface area contributed by atoms with E-state index in [1.165, 1.54) is 4.31 Å². The van der Waals surface area contributed by atoms with E-state index in [-0.39, 0.29) is 12.0 Å². The molecule has 1 aliphatic rings. The Morgan fingerprint density at radius 1 is 1.39 bits per heavy atom. The minimum absolute atomic E-state index is 0.0277. The van der Waals surface area contributed by atoms with Gasteiger partial charge in [0.1, 0.15) is 6.04 Å². The summed E-state index contributed by atoms with van der Waals surface area (Å²) in [6.07, 6.45) is 3.46. The van der Waals surface area contributed by atoms with E-state index in [4.69, 9.17) is 4.74 Å². The zero-order chi connectivity index (χ0) is 16.9. The van der Waals surface area contributed by atoms with Gasteiger partial charge in [0.15, 0.2) is 0 Å². The lowest BCUT2D eigenvalue weighted by atomic mass is 10.1. The molecule has 0 radical (unpaired) electrons. The summed E-state index contributed by atoms with van der Waals surface area (Å²) in [5.74, 6) is -0.294. The fraction of sp³-hybridized carbons (Fsp3) is 0.562.